The van der Waals surface area contributed by atoms with Crippen molar-refractivity contribution >= 4 is 11.8 Å². The van der Waals surface area contributed by atoms with E-state index in [1.54, 1.807) is 26.8 Å². The molecule has 0 saturated heterocycles. The maximum Gasteiger partial charge on any atom is 0.408 e. The van der Waals surface area contributed by atoms with Gasteiger partial charge in [-0.1, -0.05) is 11.8 Å². The Hall–Kier alpha value is -2.26. The van der Waals surface area contributed by atoms with Crippen LogP contribution in [-0.2, 0) is 4.74 Å². The summed E-state index contributed by atoms with van der Waals surface area (Å²) in [6, 6.07) is 4.37. The van der Waals surface area contributed by atoms with Crippen molar-refractivity contribution in [3.8, 4) is 11.8 Å². The van der Waals surface area contributed by atoms with Crippen LogP contribution < -0.4 is 16.6 Å². The number of alkyl carbamates (subject to hydrolysis) is 1. The van der Waals surface area contributed by atoms with Gasteiger partial charge in [-0.25, -0.2) is 9.18 Å². The second-order valence-electron chi connectivity index (χ2n) is 5.00. The normalized spacial score (nSPS) is 10.2. The molecular formula is C14H18FN3O2. The molecule has 108 valence electrons. The molecule has 0 saturated carbocycles. The van der Waals surface area contributed by atoms with E-state index in [9.17, 15) is 9.18 Å². The van der Waals surface area contributed by atoms with E-state index in [-0.39, 0.29) is 12.2 Å². The number of rotatable bonds is 2. The fraction of sp³-hybridized carbons (Fsp3) is 0.357. The van der Waals surface area contributed by atoms with Crippen LogP contribution in [0.4, 0.5) is 14.9 Å². The van der Waals surface area contributed by atoms with Crippen molar-refractivity contribution in [3.63, 3.8) is 0 Å². The summed E-state index contributed by atoms with van der Waals surface area (Å²) in [6.45, 7) is 5.43. The van der Waals surface area contributed by atoms with E-state index >= 15 is 0 Å². The molecule has 0 radical (unpaired) electrons. The molecule has 1 aromatic carbocycles. The van der Waals surface area contributed by atoms with Gasteiger partial charge in [0.2, 0.25) is 0 Å². The van der Waals surface area contributed by atoms with E-state index in [0.717, 1.165) is 0 Å². The van der Waals surface area contributed by atoms with E-state index in [0.29, 0.717) is 5.56 Å². The highest BCUT2D eigenvalue weighted by molar-refractivity contribution is 5.68. The van der Waals surface area contributed by atoms with Gasteiger partial charge in [0.05, 0.1) is 12.2 Å². The van der Waals surface area contributed by atoms with Crippen molar-refractivity contribution in [3.05, 3.63) is 29.6 Å². The first-order valence-electron chi connectivity index (χ1n) is 6.04. The Bertz CT molecular complexity index is 542. The molecule has 1 aromatic rings. The van der Waals surface area contributed by atoms with E-state index < -0.39 is 17.5 Å². The molecule has 0 aliphatic heterocycles. The van der Waals surface area contributed by atoms with Crippen molar-refractivity contribution in [2.24, 2.45) is 5.84 Å². The number of carbonyl (C=O) groups is 1. The van der Waals surface area contributed by atoms with Crippen LogP contribution in [0.1, 0.15) is 26.3 Å². The Balaban J connectivity index is 2.51. The molecule has 20 heavy (non-hydrogen) atoms. The van der Waals surface area contributed by atoms with Crippen LogP contribution in [0.15, 0.2) is 18.2 Å². The zero-order chi connectivity index (χ0) is 15.2. The first kappa shape index (κ1) is 15.8. The summed E-state index contributed by atoms with van der Waals surface area (Å²) in [4.78, 5) is 11.3. The molecule has 1 amide bonds. The Morgan fingerprint density at radius 2 is 2.15 bits per heavy atom. The summed E-state index contributed by atoms with van der Waals surface area (Å²) in [5, 5.41) is 2.49. The van der Waals surface area contributed by atoms with E-state index in [1.165, 1.54) is 12.1 Å². The fourth-order valence-corrected chi connectivity index (χ4v) is 1.29. The van der Waals surface area contributed by atoms with Gasteiger partial charge in [-0.3, -0.25) is 5.84 Å². The van der Waals surface area contributed by atoms with Crippen LogP contribution >= 0.6 is 0 Å². The number of amides is 1. The van der Waals surface area contributed by atoms with Crippen LogP contribution in [0, 0.1) is 17.7 Å². The highest BCUT2D eigenvalue weighted by Crippen LogP contribution is 2.13. The number of benzene rings is 1. The third kappa shape index (κ3) is 5.59. The molecule has 0 aliphatic rings. The lowest BCUT2D eigenvalue weighted by Crippen LogP contribution is -2.32. The van der Waals surface area contributed by atoms with Gasteiger partial charge < -0.3 is 15.5 Å². The van der Waals surface area contributed by atoms with Gasteiger partial charge in [0.25, 0.3) is 0 Å². The fourth-order valence-electron chi connectivity index (χ4n) is 1.29. The summed E-state index contributed by atoms with van der Waals surface area (Å²) >= 11 is 0. The van der Waals surface area contributed by atoms with Crippen LogP contribution in [0.5, 0.6) is 0 Å². The van der Waals surface area contributed by atoms with Crippen LogP contribution in [0.2, 0.25) is 0 Å². The molecule has 0 bridgehead atoms. The Kier molecular flexibility index (Phi) is 5.35. The van der Waals surface area contributed by atoms with Gasteiger partial charge in [0.15, 0.2) is 0 Å². The zero-order valence-corrected chi connectivity index (χ0v) is 11.7. The number of nitrogen functional groups attached to an aromatic ring is 1. The topological polar surface area (TPSA) is 76.4 Å². The summed E-state index contributed by atoms with van der Waals surface area (Å²) in [5.41, 5.74) is 2.37. The number of hydrazine groups is 1. The number of nitrogens with two attached hydrogens (primary N) is 1. The third-order valence-corrected chi connectivity index (χ3v) is 2.08. The molecule has 0 aliphatic carbocycles. The number of halogens is 1. The second kappa shape index (κ2) is 6.78. The summed E-state index contributed by atoms with van der Waals surface area (Å²) < 4.78 is 18.4. The molecule has 0 spiro atoms. The summed E-state index contributed by atoms with van der Waals surface area (Å²) in [6.07, 6.45) is -0.541. The van der Waals surface area contributed by atoms with Crippen molar-refractivity contribution < 1.29 is 13.9 Å². The Morgan fingerprint density at radius 3 is 2.70 bits per heavy atom. The van der Waals surface area contributed by atoms with E-state index in [2.05, 4.69) is 22.6 Å². The highest BCUT2D eigenvalue weighted by atomic mass is 19.1. The quantitative estimate of drug-likeness (QED) is 0.439. The molecular weight excluding hydrogens is 261 g/mol. The minimum absolute atomic E-state index is 0.118. The van der Waals surface area contributed by atoms with Gasteiger partial charge in [0, 0.05) is 5.56 Å². The molecule has 0 atom stereocenters. The number of nitrogens with one attached hydrogen (secondary N) is 2. The van der Waals surface area contributed by atoms with Gasteiger partial charge in [-0.2, -0.15) is 0 Å². The lowest BCUT2D eigenvalue weighted by Gasteiger charge is -2.18. The average Bonchev–Trinajstić information content (AvgIpc) is 2.33. The number of hydrogen-bond donors (Lipinski definition) is 3. The molecule has 0 unspecified atom stereocenters. The lowest BCUT2D eigenvalue weighted by molar-refractivity contribution is 0.0535. The molecule has 5 nitrogen and oxygen atoms in total. The molecule has 6 heteroatoms. The standard InChI is InChI=1S/C14H18FN3O2/c1-14(2,3)20-13(19)17-8-4-5-10-6-7-12(18-16)11(15)9-10/h6-7,9,18H,8,16H2,1-3H3,(H,17,19). The first-order valence-corrected chi connectivity index (χ1v) is 6.04. The molecule has 0 fully saturated rings. The van der Waals surface area contributed by atoms with Crippen molar-refractivity contribution in [1.82, 2.24) is 5.32 Å². The maximum absolute atomic E-state index is 13.4. The Morgan fingerprint density at radius 1 is 1.45 bits per heavy atom. The predicted molar refractivity (Wildman–Crippen MR) is 75.3 cm³/mol. The van der Waals surface area contributed by atoms with Crippen LogP contribution in [0.3, 0.4) is 0 Å². The predicted octanol–water partition coefficient (Wildman–Crippen LogP) is 1.99. The zero-order valence-electron chi connectivity index (χ0n) is 11.7. The van der Waals surface area contributed by atoms with E-state index in [4.69, 9.17) is 10.6 Å². The third-order valence-electron chi connectivity index (χ3n) is 2.08. The highest BCUT2D eigenvalue weighted by Gasteiger charge is 2.14. The van der Waals surface area contributed by atoms with Gasteiger partial charge >= 0.3 is 6.09 Å². The average molecular weight is 279 g/mol. The largest absolute Gasteiger partial charge is 0.444 e. The number of anilines is 1. The Labute approximate surface area is 117 Å². The van der Waals surface area contributed by atoms with Crippen molar-refractivity contribution in [2.75, 3.05) is 12.0 Å². The smallest absolute Gasteiger partial charge is 0.408 e. The van der Waals surface area contributed by atoms with Gasteiger partial charge in [-0.15, -0.1) is 0 Å². The van der Waals surface area contributed by atoms with Gasteiger partial charge in [-0.05, 0) is 39.0 Å². The molecule has 4 N–H and O–H groups in total. The first-order chi connectivity index (χ1) is 9.31. The number of carbonyl (C=O) groups excluding carboxylic acids is 1. The minimum Gasteiger partial charge on any atom is -0.444 e. The summed E-state index contributed by atoms with van der Waals surface area (Å²) in [5.74, 6) is 10.1. The number of ether oxygens (including phenoxy) is 1. The van der Waals surface area contributed by atoms with Crippen molar-refractivity contribution in [2.45, 2.75) is 26.4 Å². The SMILES string of the molecule is CC(C)(C)OC(=O)NCC#Cc1ccc(NN)c(F)c1. The maximum atomic E-state index is 13.4. The molecule has 1 rings (SSSR count). The monoisotopic (exact) mass is 279 g/mol. The van der Waals surface area contributed by atoms with Crippen LogP contribution in [0.25, 0.3) is 0 Å². The molecule has 0 heterocycles. The molecule has 0 aromatic heterocycles. The number of hydrogen-bond acceptors (Lipinski definition) is 4. The van der Waals surface area contributed by atoms with Crippen LogP contribution in [-0.4, -0.2) is 18.2 Å². The van der Waals surface area contributed by atoms with Gasteiger partial charge in [0.1, 0.15) is 11.4 Å². The minimum atomic E-state index is -0.550. The summed E-state index contributed by atoms with van der Waals surface area (Å²) in [7, 11) is 0. The lowest BCUT2D eigenvalue weighted by atomic mass is 10.2. The van der Waals surface area contributed by atoms with E-state index in [1.807, 2.05) is 0 Å². The second-order valence-corrected chi connectivity index (χ2v) is 5.00. The van der Waals surface area contributed by atoms with Crippen molar-refractivity contribution in [1.29, 1.82) is 0 Å².